The number of carbonyl (C=O) groups is 1. The Morgan fingerprint density at radius 3 is 2.39 bits per heavy atom. The highest BCUT2D eigenvalue weighted by Gasteiger charge is 2.28. The van der Waals surface area contributed by atoms with Gasteiger partial charge in [0.15, 0.2) is 0 Å². The van der Waals surface area contributed by atoms with Gasteiger partial charge in [0, 0.05) is 37.4 Å². The number of aromatic nitrogens is 1. The second-order valence-corrected chi connectivity index (χ2v) is 9.17. The maximum Gasteiger partial charge on any atom is 0.255 e. The molecule has 0 saturated carbocycles. The number of hydrogen-bond acceptors (Lipinski definition) is 5. The molecule has 1 N–H and O–H groups in total. The average molecular weight is 403 g/mol. The molecule has 7 nitrogen and oxygen atoms in total. The first-order valence-corrected chi connectivity index (χ1v) is 10.7. The van der Waals surface area contributed by atoms with Crippen LogP contribution in [0.5, 0.6) is 0 Å². The molecule has 1 aliphatic rings. The Balaban J connectivity index is 1.84. The molecule has 2 aromatic rings. The quantitative estimate of drug-likeness (QED) is 0.848. The van der Waals surface area contributed by atoms with Gasteiger partial charge in [0.2, 0.25) is 10.0 Å². The number of nitrogens with one attached hydrogen (secondary N) is 1. The van der Waals surface area contributed by atoms with E-state index in [1.165, 1.54) is 16.4 Å². The third kappa shape index (κ3) is 4.24. The van der Waals surface area contributed by atoms with E-state index < -0.39 is 10.0 Å². The average Bonchev–Trinajstić information content (AvgIpc) is 2.65. The fourth-order valence-electron chi connectivity index (χ4n) is 3.37. The molecule has 8 heteroatoms. The van der Waals surface area contributed by atoms with E-state index in [4.69, 9.17) is 0 Å². The predicted molar refractivity (Wildman–Crippen MR) is 109 cm³/mol. The van der Waals surface area contributed by atoms with Crippen molar-refractivity contribution in [3.8, 4) is 0 Å². The summed E-state index contributed by atoms with van der Waals surface area (Å²) in [6.45, 7) is 7.93. The molecule has 0 atom stereocenters. The van der Waals surface area contributed by atoms with Gasteiger partial charge in [0.25, 0.3) is 5.91 Å². The first-order chi connectivity index (χ1) is 13.2. The number of amides is 1. The molecule has 1 aliphatic heterocycles. The number of hydrogen-bond donors (Lipinski definition) is 1. The third-order valence-corrected chi connectivity index (χ3v) is 6.86. The zero-order chi connectivity index (χ0) is 20.5. The highest BCUT2D eigenvalue weighted by molar-refractivity contribution is 7.89. The number of nitrogens with zero attached hydrogens (tertiary/aromatic N) is 3. The zero-order valence-electron chi connectivity index (χ0n) is 16.7. The molecular weight excluding hydrogens is 376 g/mol. The molecule has 0 spiro atoms. The Hall–Kier alpha value is -2.29. The standard InChI is InChI=1S/C20H26N4O3S/c1-14-12-15(2)21-16(3)19(14)22-20(25)17-6-5-7-18(13-17)28(26,27)24-10-8-23(4)9-11-24/h5-7,12-13H,8-11H2,1-4H3,(H,22,25). The van der Waals surface area contributed by atoms with Crippen molar-refractivity contribution < 1.29 is 13.2 Å². The van der Waals surface area contributed by atoms with Crippen LogP contribution in [0.15, 0.2) is 35.2 Å². The van der Waals surface area contributed by atoms with Gasteiger partial charge in [-0.3, -0.25) is 9.78 Å². The van der Waals surface area contributed by atoms with Gasteiger partial charge in [0.05, 0.1) is 16.3 Å². The third-order valence-electron chi connectivity index (χ3n) is 4.96. The Labute approximate surface area is 166 Å². The molecule has 1 aromatic carbocycles. The number of anilines is 1. The van der Waals surface area contributed by atoms with Crippen LogP contribution in [0, 0.1) is 20.8 Å². The minimum Gasteiger partial charge on any atom is -0.320 e. The van der Waals surface area contributed by atoms with Gasteiger partial charge in [-0.25, -0.2) is 8.42 Å². The second kappa shape index (κ2) is 7.98. The van der Waals surface area contributed by atoms with Crippen molar-refractivity contribution in [3.63, 3.8) is 0 Å². The summed E-state index contributed by atoms with van der Waals surface area (Å²) in [7, 11) is -1.65. The minimum absolute atomic E-state index is 0.139. The molecule has 0 bridgehead atoms. The summed E-state index contributed by atoms with van der Waals surface area (Å²) in [5.74, 6) is -0.354. The van der Waals surface area contributed by atoms with E-state index in [9.17, 15) is 13.2 Å². The number of rotatable bonds is 4. The number of benzene rings is 1. The van der Waals surface area contributed by atoms with E-state index in [0.29, 0.717) is 37.4 Å². The summed E-state index contributed by atoms with van der Waals surface area (Å²) >= 11 is 0. The lowest BCUT2D eigenvalue weighted by Gasteiger charge is -2.31. The fraction of sp³-hybridized carbons (Fsp3) is 0.400. The van der Waals surface area contributed by atoms with Gasteiger partial charge in [-0.15, -0.1) is 0 Å². The zero-order valence-corrected chi connectivity index (χ0v) is 17.5. The predicted octanol–water partition coefficient (Wildman–Crippen LogP) is 2.20. The number of pyridine rings is 1. The lowest BCUT2D eigenvalue weighted by atomic mass is 10.1. The van der Waals surface area contributed by atoms with E-state index in [1.807, 2.05) is 33.9 Å². The van der Waals surface area contributed by atoms with Gasteiger partial charge in [-0.1, -0.05) is 6.07 Å². The first kappa shape index (κ1) is 20.4. The fourth-order valence-corrected chi connectivity index (χ4v) is 4.84. The monoisotopic (exact) mass is 402 g/mol. The van der Waals surface area contributed by atoms with Crippen molar-refractivity contribution in [1.82, 2.24) is 14.2 Å². The van der Waals surface area contributed by atoms with Crippen LogP contribution in [-0.4, -0.2) is 61.7 Å². The van der Waals surface area contributed by atoms with E-state index >= 15 is 0 Å². The number of likely N-dealkylation sites (N-methyl/N-ethyl adjacent to an activating group) is 1. The van der Waals surface area contributed by atoms with Gasteiger partial charge >= 0.3 is 0 Å². The summed E-state index contributed by atoms with van der Waals surface area (Å²) in [5.41, 5.74) is 3.48. The van der Waals surface area contributed by atoms with Crippen LogP contribution in [-0.2, 0) is 10.0 Å². The molecule has 28 heavy (non-hydrogen) atoms. The highest BCUT2D eigenvalue weighted by atomic mass is 32.2. The molecule has 1 saturated heterocycles. The lowest BCUT2D eigenvalue weighted by Crippen LogP contribution is -2.47. The molecule has 1 fully saturated rings. The molecule has 0 unspecified atom stereocenters. The molecule has 0 radical (unpaired) electrons. The number of carbonyl (C=O) groups excluding carboxylic acids is 1. The van der Waals surface area contributed by atoms with E-state index in [2.05, 4.69) is 15.2 Å². The number of piperazine rings is 1. The normalized spacial score (nSPS) is 16.1. The maximum absolute atomic E-state index is 12.9. The van der Waals surface area contributed by atoms with Crippen molar-refractivity contribution >= 4 is 21.6 Å². The lowest BCUT2D eigenvalue weighted by molar-refractivity contribution is 0.102. The molecule has 0 aliphatic carbocycles. The van der Waals surface area contributed by atoms with E-state index in [-0.39, 0.29) is 10.8 Å². The van der Waals surface area contributed by atoms with Crippen LogP contribution >= 0.6 is 0 Å². The Morgan fingerprint density at radius 2 is 1.75 bits per heavy atom. The van der Waals surface area contributed by atoms with Crippen molar-refractivity contribution in [3.05, 3.63) is 52.8 Å². The van der Waals surface area contributed by atoms with Gasteiger partial charge in [0.1, 0.15) is 0 Å². The summed E-state index contributed by atoms with van der Waals surface area (Å²) in [6, 6.07) is 8.09. The summed E-state index contributed by atoms with van der Waals surface area (Å²) in [6.07, 6.45) is 0. The Morgan fingerprint density at radius 1 is 1.07 bits per heavy atom. The molecule has 2 heterocycles. The maximum atomic E-state index is 12.9. The molecule has 1 aromatic heterocycles. The molecule has 150 valence electrons. The minimum atomic E-state index is -3.62. The summed E-state index contributed by atoms with van der Waals surface area (Å²) < 4.78 is 27.4. The van der Waals surface area contributed by atoms with Crippen LogP contribution in [0.25, 0.3) is 0 Å². The Bertz CT molecular complexity index is 973. The number of aryl methyl sites for hydroxylation is 3. The second-order valence-electron chi connectivity index (χ2n) is 7.23. The topological polar surface area (TPSA) is 82.6 Å². The molecule has 1 amide bonds. The SMILES string of the molecule is Cc1cc(C)c(NC(=O)c2cccc(S(=O)(=O)N3CCN(C)CC3)c2)c(C)n1. The van der Waals surface area contributed by atoms with E-state index in [1.54, 1.807) is 12.1 Å². The summed E-state index contributed by atoms with van der Waals surface area (Å²) in [5, 5.41) is 2.87. The van der Waals surface area contributed by atoms with Gasteiger partial charge in [-0.05, 0) is 57.6 Å². The van der Waals surface area contributed by atoms with Gasteiger partial charge in [-0.2, -0.15) is 4.31 Å². The van der Waals surface area contributed by atoms with Crippen LogP contribution in [0.2, 0.25) is 0 Å². The van der Waals surface area contributed by atoms with Crippen molar-refractivity contribution in [1.29, 1.82) is 0 Å². The van der Waals surface area contributed by atoms with Crippen molar-refractivity contribution in [2.45, 2.75) is 25.7 Å². The summed E-state index contributed by atoms with van der Waals surface area (Å²) in [4.78, 5) is 19.4. The van der Waals surface area contributed by atoms with Crippen LogP contribution in [0.4, 0.5) is 5.69 Å². The van der Waals surface area contributed by atoms with Crippen molar-refractivity contribution in [2.24, 2.45) is 0 Å². The first-order valence-electron chi connectivity index (χ1n) is 9.23. The van der Waals surface area contributed by atoms with Crippen LogP contribution in [0.3, 0.4) is 0 Å². The Kier molecular flexibility index (Phi) is 5.83. The van der Waals surface area contributed by atoms with Gasteiger partial charge < -0.3 is 10.2 Å². The van der Waals surface area contributed by atoms with E-state index in [0.717, 1.165) is 17.0 Å². The van der Waals surface area contributed by atoms with Crippen LogP contribution in [0.1, 0.15) is 27.3 Å². The largest absolute Gasteiger partial charge is 0.320 e. The molecule has 3 rings (SSSR count). The van der Waals surface area contributed by atoms with Crippen molar-refractivity contribution in [2.75, 3.05) is 38.5 Å². The number of sulfonamides is 1. The smallest absolute Gasteiger partial charge is 0.255 e. The molecular formula is C20H26N4O3S. The van der Waals surface area contributed by atoms with Crippen LogP contribution < -0.4 is 5.32 Å². The highest BCUT2D eigenvalue weighted by Crippen LogP contribution is 2.22.